The minimum atomic E-state index is 0.215. The monoisotopic (exact) mass is 410 g/mol. The van der Waals surface area contributed by atoms with Crippen LogP contribution in [0.1, 0.15) is 84.5 Å². The first kappa shape index (κ1) is 21.2. The molecule has 0 radical (unpaired) electrons. The van der Waals surface area contributed by atoms with Crippen LogP contribution in [0.25, 0.3) is 5.57 Å². The highest BCUT2D eigenvalue weighted by molar-refractivity contribution is 6.06. The number of nitrogens with zero attached hydrogens (tertiary/aromatic N) is 1. The van der Waals surface area contributed by atoms with E-state index < -0.39 is 0 Å². The smallest absolute Gasteiger partial charge is 0.163 e. The van der Waals surface area contributed by atoms with Gasteiger partial charge in [-0.1, -0.05) is 24.3 Å². The Bertz CT molecular complexity index is 1090. The first-order chi connectivity index (χ1) is 14.9. The number of allylic oxidation sites excluding steroid dienone is 2. The lowest BCUT2D eigenvalue weighted by Crippen LogP contribution is -2.24. The number of hydrogen-bond acceptors (Lipinski definition) is 3. The third-order valence-electron chi connectivity index (χ3n) is 7.14. The molecule has 158 valence electrons. The highest BCUT2D eigenvalue weighted by Crippen LogP contribution is 2.44. The van der Waals surface area contributed by atoms with Crippen LogP contribution < -0.4 is 0 Å². The Labute approximate surface area is 185 Å². The Hall–Kier alpha value is -2.99. The number of rotatable bonds is 7. The van der Waals surface area contributed by atoms with Gasteiger partial charge in [0.1, 0.15) is 0 Å². The minimum Gasteiger partial charge on any atom is -0.305 e. The number of nitrogens with one attached hydrogen (secondary N) is 1. The van der Waals surface area contributed by atoms with E-state index in [-0.39, 0.29) is 5.78 Å². The van der Waals surface area contributed by atoms with Gasteiger partial charge in [-0.3, -0.25) is 4.79 Å². The van der Waals surface area contributed by atoms with E-state index in [9.17, 15) is 4.79 Å². The van der Waals surface area contributed by atoms with Gasteiger partial charge in [-0.2, -0.15) is 5.26 Å². The Balaban J connectivity index is 1.41. The summed E-state index contributed by atoms with van der Waals surface area (Å²) < 4.78 is 0. The van der Waals surface area contributed by atoms with Crippen molar-refractivity contribution in [1.82, 2.24) is 0 Å². The van der Waals surface area contributed by atoms with Crippen molar-refractivity contribution in [2.24, 2.45) is 11.8 Å². The molecule has 2 aromatic rings. The molecule has 0 spiro atoms. The molecule has 2 saturated carbocycles. The summed E-state index contributed by atoms with van der Waals surface area (Å²) in [5, 5.41) is 17.3. The average Bonchev–Trinajstić information content (AvgIpc) is 3.60. The third-order valence-corrected chi connectivity index (χ3v) is 7.14. The largest absolute Gasteiger partial charge is 0.305 e. The van der Waals surface area contributed by atoms with E-state index >= 15 is 0 Å². The van der Waals surface area contributed by atoms with E-state index in [1.807, 2.05) is 49.4 Å². The van der Waals surface area contributed by atoms with Crippen molar-refractivity contribution in [1.29, 1.82) is 10.7 Å². The van der Waals surface area contributed by atoms with Gasteiger partial charge in [0.25, 0.3) is 0 Å². The first-order valence-corrected chi connectivity index (χ1v) is 11.3. The fourth-order valence-electron chi connectivity index (χ4n) is 4.67. The van der Waals surface area contributed by atoms with E-state index in [1.54, 1.807) is 0 Å². The van der Waals surface area contributed by atoms with Crippen molar-refractivity contribution in [3.63, 3.8) is 0 Å². The Kier molecular flexibility index (Phi) is 5.92. The number of nitriles is 1. The lowest BCUT2D eigenvalue weighted by Gasteiger charge is -2.35. The number of benzene rings is 2. The van der Waals surface area contributed by atoms with Gasteiger partial charge in [-0.15, -0.1) is 0 Å². The van der Waals surface area contributed by atoms with Crippen LogP contribution in [0.15, 0.2) is 48.0 Å². The molecule has 3 heteroatoms. The molecule has 0 saturated heterocycles. The summed E-state index contributed by atoms with van der Waals surface area (Å²) in [5.41, 5.74) is 7.93. The van der Waals surface area contributed by atoms with Gasteiger partial charge in [0.2, 0.25) is 0 Å². The summed E-state index contributed by atoms with van der Waals surface area (Å²) in [5.74, 6) is 1.58. The lowest BCUT2D eigenvalue weighted by atomic mass is 9.69. The molecule has 3 nitrogen and oxygen atoms in total. The standard InChI is InChI=1S/C28H30N2O/c1-17-4-7-24(15-26(17)18(2)19(3)28(30)23-10-11-23)27(31)14-21-12-25(13-21)22-8-5-20(16-29)6-9-22/h4-9,15,21,23,25,30H,10-14H2,1-3H3/b19-18+,30-28?. The molecule has 0 atom stereocenters. The quantitative estimate of drug-likeness (QED) is 0.400. The van der Waals surface area contributed by atoms with E-state index in [2.05, 4.69) is 19.9 Å². The van der Waals surface area contributed by atoms with Crippen LogP contribution in [0.5, 0.6) is 0 Å². The summed E-state index contributed by atoms with van der Waals surface area (Å²) in [6.07, 6.45) is 4.92. The molecule has 2 aliphatic carbocycles. The Morgan fingerprint density at radius 1 is 1.10 bits per heavy atom. The first-order valence-electron chi connectivity index (χ1n) is 11.3. The minimum absolute atomic E-state index is 0.215. The van der Waals surface area contributed by atoms with Crippen LogP contribution in [-0.2, 0) is 0 Å². The van der Waals surface area contributed by atoms with Crippen molar-refractivity contribution in [3.05, 3.63) is 75.9 Å². The molecule has 0 aliphatic heterocycles. The SMILES string of the molecule is C/C(C(=N)C1CC1)=C(/C)c1cc(C(=O)CC2CC(c3ccc(C#N)cc3)C2)ccc1C. The van der Waals surface area contributed by atoms with Crippen molar-refractivity contribution in [3.8, 4) is 6.07 Å². The van der Waals surface area contributed by atoms with Crippen molar-refractivity contribution < 1.29 is 4.79 Å². The number of carbonyl (C=O) groups is 1. The van der Waals surface area contributed by atoms with Crippen LogP contribution in [0.2, 0.25) is 0 Å². The zero-order chi connectivity index (χ0) is 22.1. The molecule has 0 amide bonds. The van der Waals surface area contributed by atoms with E-state index in [0.29, 0.717) is 29.7 Å². The topological polar surface area (TPSA) is 64.7 Å². The summed E-state index contributed by atoms with van der Waals surface area (Å²) in [6, 6.07) is 16.0. The molecule has 2 aromatic carbocycles. The summed E-state index contributed by atoms with van der Waals surface area (Å²) >= 11 is 0. The van der Waals surface area contributed by atoms with E-state index in [1.165, 1.54) is 5.56 Å². The maximum Gasteiger partial charge on any atom is 0.163 e. The number of Topliss-reactive ketones (excluding diaryl/α,β-unsaturated/α-hetero) is 1. The predicted molar refractivity (Wildman–Crippen MR) is 125 cm³/mol. The van der Waals surface area contributed by atoms with Gasteiger partial charge >= 0.3 is 0 Å². The van der Waals surface area contributed by atoms with Crippen molar-refractivity contribution in [2.75, 3.05) is 0 Å². The highest BCUT2D eigenvalue weighted by Gasteiger charge is 2.32. The predicted octanol–water partition coefficient (Wildman–Crippen LogP) is 6.86. The van der Waals surface area contributed by atoms with Gasteiger partial charge in [-0.05, 0) is 104 Å². The number of ketones is 1. The second-order valence-corrected chi connectivity index (χ2v) is 9.36. The number of hydrogen-bond donors (Lipinski definition) is 1. The molecule has 4 rings (SSSR count). The zero-order valence-electron chi connectivity index (χ0n) is 18.7. The molecular weight excluding hydrogens is 380 g/mol. The molecule has 2 fully saturated rings. The number of carbonyl (C=O) groups excluding carboxylic acids is 1. The second kappa shape index (κ2) is 8.63. The Morgan fingerprint density at radius 3 is 2.39 bits per heavy atom. The van der Waals surface area contributed by atoms with Crippen LogP contribution in [0.3, 0.4) is 0 Å². The van der Waals surface area contributed by atoms with Gasteiger partial charge < -0.3 is 5.41 Å². The fourth-order valence-corrected chi connectivity index (χ4v) is 4.67. The molecule has 1 N–H and O–H groups in total. The zero-order valence-corrected chi connectivity index (χ0v) is 18.7. The highest BCUT2D eigenvalue weighted by atomic mass is 16.1. The summed E-state index contributed by atoms with van der Waals surface area (Å²) in [7, 11) is 0. The van der Waals surface area contributed by atoms with Gasteiger partial charge in [0, 0.05) is 23.6 Å². The molecule has 0 aromatic heterocycles. The van der Waals surface area contributed by atoms with E-state index in [4.69, 9.17) is 10.7 Å². The second-order valence-electron chi connectivity index (χ2n) is 9.36. The van der Waals surface area contributed by atoms with Crippen LogP contribution in [0.4, 0.5) is 0 Å². The van der Waals surface area contributed by atoms with Gasteiger partial charge in [-0.25, -0.2) is 0 Å². The molecular formula is C28H30N2O. The van der Waals surface area contributed by atoms with Crippen LogP contribution >= 0.6 is 0 Å². The molecule has 0 unspecified atom stereocenters. The molecule has 31 heavy (non-hydrogen) atoms. The Morgan fingerprint density at radius 2 is 1.77 bits per heavy atom. The summed E-state index contributed by atoms with van der Waals surface area (Å²) in [4.78, 5) is 13.0. The van der Waals surface area contributed by atoms with E-state index in [0.717, 1.165) is 59.2 Å². The molecule has 0 heterocycles. The third kappa shape index (κ3) is 4.54. The molecule has 2 aliphatic rings. The van der Waals surface area contributed by atoms with Gasteiger partial charge in [0.15, 0.2) is 5.78 Å². The van der Waals surface area contributed by atoms with Crippen LogP contribution in [0, 0.1) is 35.5 Å². The average molecular weight is 411 g/mol. The maximum absolute atomic E-state index is 13.0. The van der Waals surface area contributed by atoms with Gasteiger partial charge in [0.05, 0.1) is 11.6 Å². The van der Waals surface area contributed by atoms with Crippen molar-refractivity contribution in [2.45, 2.75) is 58.8 Å². The lowest BCUT2D eigenvalue weighted by molar-refractivity contribution is 0.0925. The fraction of sp³-hybridized carbons (Fsp3) is 0.393. The molecule has 0 bridgehead atoms. The van der Waals surface area contributed by atoms with Crippen molar-refractivity contribution >= 4 is 17.1 Å². The normalized spacial score (nSPS) is 21.0. The number of aryl methyl sites for hydroxylation is 1. The van der Waals surface area contributed by atoms with Crippen LogP contribution in [-0.4, -0.2) is 11.5 Å². The maximum atomic E-state index is 13.0. The summed E-state index contributed by atoms with van der Waals surface area (Å²) in [6.45, 7) is 6.20.